The van der Waals surface area contributed by atoms with Gasteiger partial charge in [0.1, 0.15) is 11.5 Å². The Morgan fingerprint density at radius 1 is 1.12 bits per heavy atom. The first-order valence-corrected chi connectivity index (χ1v) is 5.28. The highest BCUT2D eigenvalue weighted by molar-refractivity contribution is 5.91. The third-order valence-corrected chi connectivity index (χ3v) is 2.33. The molecule has 4 heteroatoms. The maximum atomic E-state index is 11.4. The molecular formula is C13H14O4. The number of esters is 1. The Balaban J connectivity index is 2.29. The molecule has 0 spiro atoms. The average Bonchev–Trinajstić information content (AvgIpc) is 2.26. The average molecular weight is 234 g/mol. The largest absolute Gasteiger partial charge is 0.497 e. The van der Waals surface area contributed by atoms with Crippen molar-refractivity contribution in [2.75, 3.05) is 7.11 Å². The quantitative estimate of drug-likeness (QED) is 0.737. The monoisotopic (exact) mass is 234 g/mol. The molecule has 90 valence electrons. The minimum Gasteiger partial charge on any atom is -0.497 e. The lowest BCUT2D eigenvalue weighted by atomic mass is 10.1. The molecule has 0 radical (unpaired) electrons. The van der Waals surface area contributed by atoms with Crippen LogP contribution >= 0.6 is 0 Å². The molecule has 0 amide bonds. The summed E-state index contributed by atoms with van der Waals surface area (Å²) in [6.07, 6.45) is 1.34. The number of rotatable bonds is 2. The Kier molecular flexibility index (Phi) is 2.79. The van der Waals surface area contributed by atoms with E-state index in [4.69, 9.17) is 14.2 Å². The number of methoxy groups -OCH3 is 1. The van der Waals surface area contributed by atoms with Crippen molar-refractivity contribution in [2.24, 2.45) is 0 Å². The van der Waals surface area contributed by atoms with Gasteiger partial charge < -0.3 is 14.2 Å². The van der Waals surface area contributed by atoms with Crippen LogP contribution < -0.4 is 4.74 Å². The van der Waals surface area contributed by atoms with E-state index in [-0.39, 0.29) is 0 Å². The van der Waals surface area contributed by atoms with Crippen molar-refractivity contribution in [3.8, 4) is 5.75 Å². The first kappa shape index (κ1) is 11.5. The Morgan fingerprint density at radius 2 is 1.76 bits per heavy atom. The number of ether oxygens (including phenoxy) is 3. The van der Waals surface area contributed by atoms with Gasteiger partial charge >= 0.3 is 5.97 Å². The fourth-order valence-electron chi connectivity index (χ4n) is 1.59. The molecule has 0 saturated carbocycles. The molecular weight excluding hydrogens is 220 g/mol. The van der Waals surface area contributed by atoms with Crippen LogP contribution in [0.4, 0.5) is 0 Å². The van der Waals surface area contributed by atoms with Crippen LogP contribution in [0, 0.1) is 0 Å². The highest BCUT2D eigenvalue weighted by Crippen LogP contribution is 2.29. The van der Waals surface area contributed by atoms with Gasteiger partial charge in [-0.1, -0.05) is 0 Å². The molecule has 1 aliphatic rings. The van der Waals surface area contributed by atoms with Gasteiger partial charge in [0.15, 0.2) is 0 Å². The first-order chi connectivity index (χ1) is 8.00. The molecule has 0 aromatic heterocycles. The fraction of sp³-hybridized carbons (Fsp3) is 0.308. The highest BCUT2D eigenvalue weighted by atomic mass is 16.7. The third kappa shape index (κ3) is 2.58. The molecule has 0 atom stereocenters. The maximum absolute atomic E-state index is 11.4. The molecule has 4 nitrogen and oxygen atoms in total. The lowest BCUT2D eigenvalue weighted by Crippen LogP contribution is -2.33. The third-order valence-electron chi connectivity index (χ3n) is 2.33. The lowest BCUT2D eigenvalue weighted by molar-refractivity contribution is -0.193. The van der Waals surface area contributed by atoms with Crippen LogP contribution in [0.15, 0.2) is 30.3 Å². The number of hydrogen-bond acceptors (Lipinski definition) is 4. The number of hydrogen-bond donors (Lipinski definition) is 0. The molecule has 1 heterocycles. The Bertz CT molecular complexity index is 457. The minimum absolute atomic E-state index is 0.396. The Hall–Kier alpha value is -1.97. The van der Waals surface area contributed by atoms with E-state index in [9.17, 15) is 4.79 Å². The summed E-state index contributed by atoms with van der Waals surface area (Å²) in [6.45, 7) is 3.39. The standard InChI is InChI=1S/C13H14O4/c1-13(2)16-11(8-12(14)17-13)9-4-6-10(15-3)7-5-9/h4-8H,1-3H3. The van der Waals surface area contributed by atoms with Crippen molar-refractivity contribution < 1.29 is 19.0 Å². The highest BCUT2D eigenvalue weighted by Gasteiger charge is 2.30. The second-order valence-electron chi connectivity index (χ2n) is 4.16. The van der Waals surface area contributed by atoms with Crippen LogP contribution in [-0.4, -0.2) is 18.9 Å². The van der Waals surface area contributed by atoms with Crippen LogP contribution in [0.2, 0.25) is 0 Å². The van der Waals surface area contributed by atoms with Crippen molar-refractivity contribution in [3.63, 3.8) is 0 Å². The first-order valence-electron chi connectivity index (χ1n) is 5.28. The zero-order valence-electron chi connectivity index (χ0n) is 10.0. The van der Waals surface area contributed by atoms with Crippen molar-refractivity contribution in [1.82, 2.24) is 0 Å². The summed E-state index contributed by atoms with van der Waals surface area (Å²) in [5, 5.41) is 0. The predicted molar refractivity (Wildman–Crippen MR) is 62.2 cm³/mol. The molecule has 17 heavy (non-hydrogen) atoms. The van der Waals surface area contributed by atoms with Crippen LogP contribution in [0.1, 0.15) is 19.4 Å². The van der Waals surface area contributed by atoms with E-state index >= 15 is 0 Å². The van der Waals surface area contributed by atoms with Gasteiger partial charge in [-0.15, -0.1) is 0 Å². The van der Waals surface area contributed by atoms with Crippen LogP contribution in [-0.2, 0) is 14.3 Å². The number of carbonyl (C=O) groups excluding carboxylic acids is 1. The lowest BCUT2D eigenvalue weighted by Gasteiger charge is -2.30. The van der Waals surface area contributed by atoms with Crippen LogP contribution in [0.3, 0.4) is 0 Å². The van der Waals surface area contributed by atoms with E-state index in [0.29, 0.717) is 5.76 Å². The maximum Gasteiger partial charge on any atom is 0.337 e. The molecule has 0 unspecified atom stereocenters. The zero-order chi connectivity index (χ0) is 12.5. The van der Waals surface area contributed by atoms with Gasteiger partial charge in [-0.2, -0.15) is 0 Å². The summed E-state index contributed by atoms with van der Waals surface area (Å²) < 4.78 is 15.7. The molecule has 0 N–H and O–H groups in total. The van der Waals surface area contributed by atoms with Gasteiger partial charge in [-0.3, -0.25) is 0 Å². The van der Waals surface area contributed by atoms with Crippen LogP contribution in [0.5, 0.6) is 5.75 Å². The number of benzene rings is 1. The van der Waals surface area contributed by atoms with Gasteiger partial charge in [0, 0.05) is 19.4 Å². The van der Waals surface area contributed by atoms with E-state index in [2.05, 4.69) is 0 Å². The van der Waals surface area contributed by atoms with Crippen molar-refractivity contribution in [1.29, 1.82) is 0 Å². The summed E-state index contributed by atoms with van der Waals surface area (Å²) in [6, 6.07) is 7.29. The van der Waals surface area contributed by atoms with E-state index in [0.717, 1.165) is 11.3 Å². The van der Waals surface area contributed by atoms with E-state index in [1.54, 1.807) is 21.0 Å². The predicted octanol–water partition coefficient (Wildman–Crippen LogP) is 2.35. The summed E-state index contributed by atoms with van der Waals surface area (Å²) in [4.78, 5) is 11.4. The van der Waals surface area contributed by atoms with Crippen molar-refractivity contribution in [2.45, 2.75) is 19.6 Å². The summed E-state index contributed by atoms with van der Waals surface area (Å²) in [7, 11) is 1.60. The second-order valence-corrected chi connectivity index (χ2v) is 4.16. The van der Waals surface area contributed by atoms with Gasteiger partial charge in [0.2, 0.25) is 5.79 Å². The van der Waals surface area contributed by atoms with Crippen LogP contribution in [0.25, 0.3) is 5.76 Å². The van der Waals surface area contributed by atoms with E-state index < -0.39 is 11.8 Å². The molecule has 0 bridgehead atoms. The second kappa shape index (κ2) is 4.13. The van der Waals surface area contributed by atoms with E-state index in [1.165, 1.54) is 6.08 Å². The fourth-order valence-corrected chi connectivity index (χ4v) is 1.59. The normalized spacial score (nSPS) is 17.8. The molecule has 0 saturated heterocycles. The Labute approximate surface area is 99.8 Å². The Morgan fingerprint density at radius 3 is 2.29 bits per heavy atom. The van der Waals surface area contributed by atoms with Gasteiger partial charge in [-0.05, 0) is 24.3 Å². The molecule has 1 aliphatic heterocycles. The molecule has 1 aromatic carbocycles. The molecule has 0 fully saturated rings. The summed E-state index contributed by atoms with van der Waals surface area (Å²) in [5.74, 6) is -0.0610. The topological polar surface area (TPSA) is 44.8 Å². The summed E-state index contributed by atoms with van der Waals surface area (Å²) >= 11 is 0. The zero-order valence-corrected chi connectivity index (χ0v) is 10.0. The smallest absolute Gasteiger partial charge is 0.337 e. The number of cyclic esters (lactones) is 1. The van der Waals surface area contributed by atoms with Gasteiger partial charge in [0.25, 0.3) is 0 Å². The van der Waals surface area contributed by atoms with Crippen molar-refractivity contribution >= 4 is 11.7 Å². The minimum atomic E-state index is -0.929. The van der Waals surface area contributed by atoms with Crippen molar-refractivity contribution in [3.05, 3.63) is 35.9 Å². The number of carbonyl (C=O) groups is 1. The van der Waals surface area contributed by atoms with Gasteiger partial charge in [0.05, 0.1) is 13.2 Å². The van der Waals surface area contributed by atoms with E-state index in [1.807, 2.05) is 24.3 Å². The molecule has 0 aliphatic carbocycles. The molecule has 1 aromatic rings. The molecule has 2 rings (SSSR count). The SMILES string of the molecule is COc1ccc(C2=CC(=O)OC(C)(C)O2)cc1. The van der Waals surface area contributed by atoms with Gasteiger partial charge in [-0.25, -0.2) is 4.79 Å². The summed E-state index contributed by atoms with van der Waals surface area (Å²) in [5.41, 5.74) is 0.815.